The molecular formula is C24H29NO6. The van der Waals surface area contributed by atoms with Crippen molar-refractivity contribution in [3.8, 4) is 0 Å². The number of aryl methyl sites for hydroxylation is 2. The zero-order chi connectivity index (χ0) is 23.2. The van der Waals surface area contributed by atoms with Crippen LogP contribution in [0.4, 0.5) is 4.79 Å². The number of alkyl carbamates (subject to hydrolysis) is 1. The molecule has 0 unspecified atom stereocenters. The monoisotopic (exact) mass is 427 g/mol. The molecule has 166 valence electrons. The molecule has 1 atom stereocenters. The number of aliphatic carboxylic acids is 1. The fourth-order valence-corrected chi connectivity index (χ4v) is 2.96. The van der Waals surface area contributed by atoms with Crippen LogP contribution in [0.5, 0.6) is 0 Å². The van der Waals surface area contributed by atoms with E-state index in [0.29, 0.717) is 11.1 Å². The molecule has 1 amide bonds. The second-order valence-electron chi connectivity index (χ2n) is 8.41. The summed E-state index contributed by atoms with van der Waals surface area (Å²) in [6.45, 7) is 8.96. The number of benzene rings is 2. The van der Waals surface area contributed by atoms with Crippen LogP contribution in [0, 0.1) is 13.8 Å². The highest BCUT2D eigenvalue weighted by Crippen LogP contribution is 2.18. The van der Waals surface area contributed by atoms with Gasteiger partial charge in [0.25, 0.3) is 0 Å². The van der Waals surface area contributed by atoms with Crippen LogP contribution < -0.4 is 5.32 Å². The summed E-state index contributed by atoms with van der Waals surface area (Å²) in [5.74, 6) is -2.41. The molecule has 0 saturated carbocycles. The Morgan fingerprint density at radius 2 is 1.68 bits per heavy atom. The molecular weight excluding hydrogens is 398 g/mol. The van der Waals surface area contributed by atoms with E-state index < -0.39 is 29.6 Å². The van der Waals surface area contributed by atoms with E-state index in [9.17, 15) is 19.5 Å². The van der Waals surface area contributed by atoms with Gasteiger partial charge in [0, 0.05) is 6.54 Å². The first-order valence-electron chi connectivity index (χ1n) is 9.99. The van der Waals surface area contributed by atoms with Crippen molar-refractivity contribution in [3.05, 3.63) is 70.3 Å². The largest absolute Gasteiger partial charge is 0.481 e. The van der Waals surface area contributed by atoms with E-state index in [4.69, 9.17) is 9.47 Å². The minimum atomic E-state index is -1.06. The van der Waals surface area contributed by atoms with Crippen LogP contribution in [0.1, 0.15) is 59.3 Å². The quantitative estimate of drug-likeness (QED) is 0.637. The molecule has 2 rings (SSSR count). The third-order valence-electron chi connectivity index (χ3n) is 4.50. The van der Waals surface area contributed by atoms with Crippen molar-refractivity contribution in [2.24, 2.45) is 0 Å². The molecule has 7 nitrogen and oxygen atoms in total. The molecule has 0 aliphatic rings. The third-order valence-corrected chi connectivity index (χ3v) is 4.50. The van der Waals surface area contributed by atoms with E-state index in [0.717, 1.165) is 16.7 Å². The van der Waals surface area contributed by atoms with E-state index in [-0.39, 0.29) is 13.2 Å². The summed E-state index contributed by atoms with van der Waals surface area (Å²) >= 11 is 0. The number of rotatable bonds is 7. The van der Waals surface area contributed by atoms with Gasteiger partial charge in [-0.05, 0) is 57.4 Å². The van der Waals surface area contributed by atoms with Gasteiger partial charge in [0.1, 0.15) is 12.2 Å². The Kier molecular flexibility index (Phi) is 7.80. The molecule has 0 fully saturated rings. The molecule has 0 aromatic heterocycles. The number of amides is 1. The highest BCUT2D eigenvalue weighted by Gasteiger charge is 2.23. The predicted octanol–water partition coefficient (Wildman–Crippen LogP) is 4.35. The Labute approximate surface area is 182 Å². The molecule has 2 aromatic carbocycles. The second-order valence-corrected chi connectivity index (χ2v) is 8.41. The number of esters is 1. The van der Waals surface area contributed by atoms with Gasteiger partial charge < -0.3 is 19.9 Å². The van der Waals surface area contributed by atoms with Gasteiger partial charge in [-0.3, -0.25) is 4.79 Å². The average Bonchev–Trinajstić information content (AvgIpc) is 2.65. The van der Waals surface area contributed by atoms with Crippen LogP contribution in [0.3, 0.4) is 0 Å². The Morgan fingerprint density at radius 3 is 2.23 bits per heavy atom. The number of carbonyl (C=O) groups excluding carboxylic acids is 2. The van der Waals surface area contributed by atoms with Crippen molar-refractivity contribution in [2.45, 2.75) is 52.7 Å². The maximum Gasteiger partial charge on any atom is 0.407 e. The lowest BCUT2D eigenvalue weighted by Gasteiger charge is -2.21. The van der Waals surface area contributed by atoms with Crippen molar-refractivity contribution in [1.82, 2.24) is 5.32 Å². The first kappa shape index (κ1) is 23.9. The van der Waals surface area contributed by atoms with Crippen molar-refractivity contribution >= 4 is 18.0 Å². The zero-order valence-electron chi connectivity index (χ0n) is 18.5. The first-order valence-corrected chi connectivity index (χ1v) is 9.99. The minimum Gasteiger partial charge on any atom is -0.481 e. The van der Waals surface area contributed by atoms with Gasteiger partial charge in [0.2, 0.25) is 0 Å². The fraction of sp³-hybridized carbons (Fsp3) is 0.375. The van der Waals surface area contributed by atoms with Crippen LogP contribution in [-0.4, -0.2) is 35.3 Å². The highest BCUT2D eigenvalue weighted by atomic mass is 16.6. The number of carbonyl (C=O) groups is 3. The summed E-state index contributed by atoms with van der Waals surface area (Å²) in [6.07, 6.45) is -0.673. The molecule has 0 heterocycles. The van der Waals surface area contributed by atoms with E-state index in [1.165, 1.54) is 0 Å². The minimum absolute atomic E-state index is 0.0698. The highest BCUT2D eigenvalue weighted by molar-refractivity contribution is 5.91. The molecule has 31 heavy (non-hydrogen) atoms. The van der Waals surface area contributed by atoms with Crippen molar-refractivity contribution in [1.29, 1.82) is 0 Å². The van der Waals surface area contributed by atoms with E-state index in [1.807, 2.05) is 26.0 Å². The molecule has 2 N–H and O–H groups in total. The SMILES string of the molecule is Cc1ccc(C(=O)OCc2ccc([C@@H](CNC(=O)OC(C)(C)C)C(=O)O)cc2)c(C)c1. The summed E-state index contributed by atoms with van der Waals surface area (Å²) in [7, 11) is 0. The van der Waals surface area contributed by atoms with Gasteiger partial charge >= 0.3 is 18.0 Å². The van der Waals surface area contributed by atoms with Gasteiger partial charge in [-0.1, -0.05) is 42.0 Å². The van der Waals surface area contributed by atoms with Crippen LogP contribution in [0.15, 0.2) is 42.5 Å². The lowest BCUT2D eigenvalue weighted by molar-refractivity contribution is -0.138. The average molecular weight is 427 g/mol. The fourth-order valence-electron chi connectivity index (χ4n) is 2.96. The lowest BCUT2D eigenvalue weighted by Crippen LogP contribution is -2.36. The first-order chi connectivity index (χ1) is 14.5. The molecule has 7 heteroatoms. The second kappa shape index (κ2) is 10.1. The zero-order valence-corrected chi connectivity index (χ0v) is 18.5. The normalized spacial score (nSPS) is 12.0. The maximum atomic E-state index is 12.3. The standard InChI is InChI=1S/C24H29NO6/c1-15-6-11-19(16(2)12-15)22(28)30-14-17-7-9-18(10-8-17)20(21(26)27)13-25-23(29)31-24(3,4)5/h6-12,20H,13-14H2,1-5H3,(H,25,29)(H,26,27)/t20-/m1/s1. The Balaban J connectivity index is 1.97. The van der Waals surface area contributed by atoms with E-state index in [1.54, 1.807) is 51.1 Å². The van der Waals surface area contributed by atoms with E-state index in [2.05, 4.69) is 5.32 Å². The Bertz CT molecular complexity index is 944. The summed E-state index contributed by atoms with van der Waals surface area (Å²) < 4.78 is 10.5. The molecule has 0 aliphatic carbocycles. The molecule has 0 bridgehead atoms. The maximum absolute atomic E-state index is 12.3. The van der Waals surface area contributed by atoms with E-state index >= 15 is 0 Å². The van der Waals surface area contributed by atoms with Crippen LogP contribution in [-0.2, 0) is 20.9 Å². The summed E-state index contributed by atoms with van der Waals surface area (Å²) in [6, 6.07) is 12.2. The smallest absolute Gasteiger partial charge is 0.407 e. The van der Waals surface area contributed by atoms with Crippen LogP contribution in [0.2, 0.25) is 0 Å². The molecule has 0 saturated heterocycles. The lowest BCUT2D eigenvalue weighted by atomic mass is 9.98. The number of hydrogen-bond donors (Lipinski definition) is 2. The Hall–Kier alpha value is -3.35. The number of hydrogen-bond acceptors (Lipinski definition) is 5. The number of carboxylic acids is 1. The molecule has 2 aromatic rings. The topological polar surface area (TPSA) is 102 Å². The van der Waals surface area contributed by atoms with Gasteiger partial charge in [0.15, 0.2) is 0 Å². The number of nitrogens with one attached hydrogen (secondary N) is 1. The number of ether oxygens (including phenoxy) is 2. The van der Waals surface area contributed by atoms with Gasteiger partial charge in [0.05, 0.1) is 11.5 Å². The van der Waals surface area contributed by atoms with Crippen molar-refractivity contribution in [3.63, 3.8) is 0 Å². The van der Waals surface area contributed by atoms with Gasteiger partial charge in [-0.15, -0.1) is 0 Å². The van der Waals surface area contributed by atoms with Gasteiger partial charge in [-0.25, -0.2) is 9.59 Å². The predicted molar refractivity (Wildman–Crippen MR) is 116 cm³/mol. The van der Waals surface area contributed by atoms with Crippen molar-refractivity contribution < 1.29 is 29.0 Å². The summed E-state index contributed by atoms with van der Waals surface area (Å²) in [4.78, 5) is 35.8. The molecule has 0 spiro atoms. The van der Waals surface area contributed by atoms with Crippen LogP contribution in [0.25, 0.3) is 0 Å². The Morgan fingerprint density at radius 1 is 1.03 bits per heavy atom. The third kappa shape index (κ3) is 7.44. The summed E-state index contributed by atoms with van der Waals surface area (Å²) in [5.41, 5.74) is 3.01. The molecule has 0 radical (unpaired) electrons. The summed E-state index contributed by atoms with van der Waals surface area (Å²) in [5, 5.41) is 12.0. The number of carboxylic acid groups (broad SMARTS) is 1. The van der Waals surface area contributed by atoms with Crippen molar-refractivity contribution in [2.75, 3.05) is 6.54 Å². The van der Waals surface area contributed by atoms with Gasteiger partial charge in [-0.2, -0.15) is 0 Å². The van der Waals surface area contributed by atoms with Crippen LogP contribution >= 0.6 is 0 Å². The molecule has 0 aliphatic heterocycles.